The molecule has 0 spiro atoms. The number of thiocarbonyl (C=S) groups is 1. The fraction of sp³-hybridized carbons (Fsp3) is 0.571. The zero-order valence-corrected chi connectivity index (χ0v) is 11.0. The third-order valence-corrected chi connectivity index (χ3v) is 5.26. The Morgan fingerprint density at radius 1 is 1.28 bits per heavy atom. The van der Waals surface area contributed by atoms with E-state index in [4.69, 9.17) is 18.0 Å². The second kappa shape index (κ2) is 3.67. The molecule has 0 radical (unpaired) electrons. The lowest BCUT2D eigenvalue weighted by Gasteiger charge is -2.11. The second-order valence-electron chi connectivity index (χ2n) is 5.93. The molecule has 1 aromatic rings. The van der Waals surface area contributed by atoms with Crippen LogP contribution in [0.2, 0.25) is 0 Å². The summed E-state index contributed by atoms with van der Waals surface area (Å²) < 4.78 is 0. The van der Waals surface area contributed by atoms with E-state index in [0.29, 0.717) is 16.7 Å². The van der Waals surface area contributed by atoms with Crippen LogP contribution in [-0.4, -0.2) is 16.0 Å². The number of nitrogens with two attached hydrogens (primary N) is 1. The van der Waals surface area contributed by atoms with Gasteiger partial charge in [0.2, 0.25) is 0 Å². The van der Waals surface area contributed by atoms with Gasteiger partial charge >= 0.3 is 0 Å². The van der Waals surface area contributed by atoms with E-state index < -0.39 is 0 Å². The maximum atomic E-state index is 5.62. The van der Waals surface area contributed by atoms with E-state index in [0.717, 1.165) is 29.5 Å². The molecule has 3 saturated carbocycles. The maximum absolute atomic E-state index is 5.62. The lowest BCUT2D eigenvalue weighted by molar-refractivity contribution is 0.456. The molecule has 4 unspecified atom stereocenters. The van der Waals surface area contributed by atoms with Crippen LogP contribution in [0.1, 0.15) is 25.0 Å². The summed E-state index contributed by atoms with van der Waals surface area (Å²) >= 11 is 4.97. The first kappa shape index (κ1) is 10.7. The van der Waals surface area contributed by atoms with Crippen molar-refractivity contribution in [2.24, 2.45) is 29.4 Å². The van der Waals surface area contributed by atoms with Gasteiger partial charge in [0, 0.05) is 6.04 Å². The summed E-state index contributed by atoms with van der Waals surface area (Å²) in [6.07, 6.45) is 4.38. The summed E-state index contributed by atoms with van der Waals surface area (Å²) in [6, 6.07) is 6.50. The summed E-state index contributed by atoms with van der Waals surface area (Å²) in [7, 11) is 0. The van der Waals surface area contributed by atoms with Crippen LogP contribution in [0.5, 0.6) is 0 Å². The Kier molecular flexibility index (Phi) is 2.19. The molecule has 1 aromatic heterocycles. The van der Waals surface area contributed by atoms with Crippen LogP contribution in [0, 0.1) is 23.7 Å². The molecule has 0 aliphatic heterocycles. The minimum absolute atomic E-state index is 0.370. The van der Waals surface area contributed by atoms with Crippen LogP contribution in [0.4, 0.5) is 5.82 Å². The predicted octanol–water partition coefficient (Wildman–Crippen LogP) is 2.17. The molecule has 0 aromatic carbocycles. The summed E-state index contributed by atoms with van der Waals surface area (Å²) in [5, 5.41) is 3.59. The van der Waals surface area contributed by atoms with Gasteiger partial charge in [0.15, 0.2) is 0 Å². The van der Waals surface area contributed by atoms with Crippen LogP contribution in [-0.2, 0) is 0 Å². The Hall–Kier alpha value is -1.16. The number of nitrogens with zero attached hydrogens (tertiary/aromatic N) is 1. The van der Waals surface area contributed by atoms with Crippen molar-refractivity contribution in [2.45, 2.75) is 25.3 Å². The monoisotopic (exact) mass is 259 g/mol. The molecule has 3 fully saturated rings. The quantitative estimate of drug-likeness (QED) is 0.817. The standard InChI is InChI=1S/C14H17N3S/c15-14(18)9-2-1-3-10(16-9)17-13-11-7-4-5-8(6-7)12(11)13/h1-3,7-8,11-13H,4-6H2,(H2,15,18)(H,16,17). The third kappa shape index (κ3) is 1.48. The van der Waals surface area contributed by atoms with E-state index in [2.05, 4.69) is 10.3 Å². The van der Waals surface area contributed by atoms with Crippen LogP contribution in [0.25, 0.3) is 0 Å². The molecular formula is C14H17N3S. The molecule has 4 atom stereocenters. The molecule has 94 valence electrons. The predicted molar refractivity (Wildman–Crippen MR) is 75.3 cm³/mol. The van der Waals surface area contributed by atoms with Crippen molar-refractivity contribution in [3.8, 4) is 0 Å². The van der Waals surface area contributed by atoms with Crippen molar-refractivity contribution < 1.29 is 0 Å². The van der Waals surface area contributed by atoms with E-state index in [1.807, 2.05) is 18.2 Å². The number of aromatic nitrogens is 1. The highest BCUT2D eigenvalue weighted by atomic mass is 32.1. The van der Waals surface area contributed by atoms with Crippen molar-refractivity contribution in [2.75, 3.05) is 5.32 Å². The molecular weight excluding hydrogens is 242 g/mol. The fourth-order valence-electron chi connectivity index (χ4n) is 4.34. The Bertz CT molecular complexity index is 500. The molecule has 18 heavy (non-hydrogen) atoms. The first-order valence-electron chi connectivity index (χ1n) is 6.77. The second-order valence-corrected chi connectivity index (χ2v) is 6.37. The molecule has 0 saturated heterocycles. The highest BCUT2D eigenvalue weighted by Gasteiger charge is 2.65. The first-order valence-corrected chi connectivity index (χ1v) is 7.18. The topological polar surface area (TPSA) is 50.9 Å². The van der Waals surface area contributed by atoms with Crippen LogP contribution in [0.3, 0.4) is 0 Å². The fourth-order valence-corrected chi connectivity index (χ4v) is 4.46. The van der Waals surface area contributed by atoms with Gasteiger partial charge in [-0.1, -0.05) is 18.3 Å². The van der Waals surface area contributed by atoms with E-state index in [1.165, 1.54) is 19.3 Å². The largest absolute Gasteiger partial charge is 0.388 e. The summed E-state index contributed by atoms with van der Waals surface area (Å²) in [4.78, 5) is 4.84. The molecule has 1 heterocycles. The van der Waals surface area contributed by atoms with Gasteiger partial charge in [-0.2, -0.15) is 0 Å². The Balaban J connectivity index is 1.50. The van der Waals surface area contributed by atoms with Gasteiger partial charge in [-0.3, -0.25) is 0 Å². The highest BCUT2D eigenvalue weighted by molar-refractivity contribution is 7.80. The highest BCUT2D eigenvalue weighted by Crippen LogP contribution is 2.66. The average molecular weight is 259 g/mol. The average Bonchev–Trinajstić information content (AvgIpc) is 2.77. The van der Waals surface area contributed by atoms with Crippen molar-refractivity contribution in [1.29, 1.82) is 0 Å². The third-order valence-electron chi connectivity index (χ3n) is 5.05. The van der Waals surface area contributed by atoms with Gasteiger partial charge in [0.1, 0.15) is 10.8 Å². The Morgan fingerprint density at radius 2 is 2.00 bits per heavy atom. The van der Waals surface area contributed by atoms with Crippen molar-refractivity contribution in [3.63, 3.8) is 0 Å². The lowest BCUT2D eigenvalue weighted by atomic mass is 10.0. The van der Waals surface area contributed by atoms with E-state index in [1.54, 1.807) is 0 Å². The molecule has 4 heteroatoms. The van der Waals surface area contributed by atoms with Crippen LogP contribution < -0.4 is 11.1 Å². The molecule has 3 aliphatic rings. The number of rotatable bonds is 3. The lowest BCUT2D eigenvalue weighted by Crippen LogP contribution is -2.16. The van der Waals surface area contributed by atoms with Gasteiger partial charge in [0.05, 0.1) is 5.69 Å². The molecule has 3 nitrogen and oxygen atoms in total. The number of fused-ring (bicyclic) bond motifs is 5. The minimum atomic E-state index is 0.370. The van der Waals surface area contributed by atoms with Crippen molar-refractivity contribution >= 4 is 23.0 Å². The number of anilines is 1. The molecule has 2 bridgehead atoms. The molecule has 3 N–H and O–H groups in total. The number of hydrogen-bond donors (Lipinski definition) is 2. The zero-order valence-electron chi connectivity index (χ0n) is 10.2. The minimum Gasteiger partial charge on any atom is -0.388 e. The summed E-state index contributed by atoms with van der Waals surface area (Å²) in [5.41, 5.74) is 6.33. The number of hydrogen-bond acceptors (Lipinski definition) is 3. The van der Waals surface area contributed by atoms with E-state index in [9.17, 15) is 0 Å². The first-order chi connectivity index (χ1) is 8.74. The summed E-state index contributed by atoms with van der Waals surface area (Å²) in [5.74, 6) is 4.73. The van der Waals surface area contributed by atoms with E-state index >= 15 is 0 Å². The molecule has 0 amide bonds. The van der Waals surface area contributed by atoms with Gasteiger partial charge in [-0.15, -0.1) is 0 Å². The number of pyridine rings is 1. The number of nitrogens with one attached hydrogen (secondary N) is 1. The smallest absolute Gasteiger partial charge is 0.126 e. The maximum Gasteiger partial charge on any atom is 0.126 e. The summed E-state index contributed by atoms with van der Waals surface area (Å²) in [6.45, 7) is 0. The van der Waals surface area contributed by atoms with Gasteiger partial charge in [0.25, 0.3) is 0 Å². The van der Waals surface area contributed by atoms with Gasteiger partial charge in [-0.25, -0.2) is 4.98 Å². The normalized spacial score (nSPS) is 39.4. The molecule has 4 rings (SSSR count). The zero-order chi connectivity index (χ0) is 12.3. The van der Waals surface area contributed by atoms with Crippen molar-refractivity contribution in [3.05, 3.63) is 23.9 Å². The van der Waals surface area contributed by atoms with Crippen molar-refractivity contribution in [1.82, 2.24) is 4.98 Å². The van der Waals surface area contributed by atoms with Crippen LogP contribution in [0.15, 0.2) is 18.2 Å². The Morgan fingerprint density at radius 3 is 2.67 bits per heavy atom. The SMILES string of the molecule is NC(=S)c1cccc(NC2C3C4CCC(C4)C23)n1. The van der Waals surface area contributed by atoms with Gasteiger partial charge < -0.3 is 11.1 Å². The van der Waals surface area contributed by atoms with E-state index in [-0.39, 0.29) is 0 Å². The van der Waals surface area contributed by atoms with Gasteiger partial charge in [-0.05, 0) is 55.1 Å². The Labute approximate surface area is 112 Å². The van der Waals surface area contributed by atoms with Crippen LogP contribution >= 0.6 is 12.2 Å². The molecule has 3 aliphatic carbocycles.